The zero-order chi connectivity index (χ0) is 20.8. The number of hydrogen-bond donors (Lipinski definition) is 2. The van der Waals surface area contributed by atoms with E-state index >= 15 is 0 Å². The van der Waals surface area contributed by atoms with Gasteiger partial charge in [0.2, 0.25) is 0 Å². The van der Waals surface area contributed by atoms with Crippen molar-refractivity contribution in [3.05, 3.63) is 16.1 Å². The van der Waals surface area contributed by atoms with E-state index in [1.165, 1.54) is 0 Å². The maximum absolute atomic E-state index is 12.7. The van der Waals surface area contributed by atoms with Crippen LogP contribution in [0.3, 0.4) is 0 Å². The number of aromatic nitrogens is 1. The molecule has 1 fully saturated rings. The van der Waals surface area contributed by atoms with Crippen LogP contribution in [0.2, 0.25) is 0 Å². The van der Waals surface area contributed by atoms with E-state index in [1.807, 2.05) is 12.3 Å². The Hall–Kier alpha value is -0.670. The van der Waals surface area contributed by atoms with Crippen molar-refractivity contribution < 1.29 is 21.6 Å². The summed E-state index contributed by atoms with van der Waals surface area (Å²) in [6.07, 6.45) is 2.17. The molecular weight excluding hydrogens is 542 g/mol. The Morgan fingerprint density at radius 3 is 2.52 bits per heavy atom. The molecular formula is C16H27F3IN5O2S2. The molecule has 0 unspecified atom stereocenters. The van der Waals surface area contributed by atoms with Crippen LogP contribution in [0.15, 0.2) is 10.4 Å². The van der Waals surface area contributed by atoms with Crippen LogP contribution in [0.25, 0.3) is 0 Å². The van der Waals surface area contributed by atoms with Crippen molar-refractivity contribution in [3.8, 4) is 0 Å². The highest BCUT2D eigenvalue weighted by atomic mass is 127. The molecule has 0 amide bonds. The van der Waals surface area contributed by atoms with Gasteiger partial charge in [0.05, 0.1) is 10.7 Å². The monoisotopic (exact) mass is 569 g/mol. The Bertz CT molecular complexity index is 763. The van der Waals surface area contributed by atoms with Gasteiger partial charge in [0.1, 0.15) is 0 Å². The SMILES string of the molecule is CCNC(=NCCc1csc(CC)n1)NC1CCN(S(=O)(=O)C(F)(F)F)CC1.I. The zero-order valence-corrected chi connectivity index (χ0v) is 20.3. The minimum absolute atomic E-state index is 0. The maximum Gasteiger partial charge on any atom is 0.511 e. The number of nitrogens with zero attached hydrogens (tertiary/aromatic N) is 3. The van der Waals surface area contributed by atoms with Gasteiger partial charge >= 0.3 is 15.5 Å². The first-order valence-corrected chi connectivity index (χ1v) is 11.5. The standard InChI is InChI=1S/C16H26F3N5O2S2.HI/c1-3-14-22-13(11-27-14)5-8-21-15(20-4-2)23-12-6-9-24(10-7-12)28(25,26)16(17,18)19;/h11-12H,3-10H2,1-2H3,(H2,20,21,23);1H. The van der Waals surface area contributed by atoms with Crippen LogP contribution in [-0.2, 0) is 22.9 Å². The van der Waals surface area contributed by atoms with Crippen LogP contribution >= 0.6 is 35.3 Å². The van der Waals surface area contributed by atoms with Crippen molar-refractivity contribution in [2.75, 3.05) is 26.2 Å². The van der Waals surface area contributed by atoms with E-state index in [0.717, 1.165) is 17.1 Å². The summed E-state index contributed by atoms with van der Waals surface area (Å²) in [5.41, 5.74) is -4.26. The van der Waals surface area contributed by atoms with Gasteiger partial charge < -0.3 is 10.6 Å². The molecule has 29 heavy (non-hydrogen) atoms. The third-order valence-electron chi connectivity index (χ3n) is 4.31. The van der Waals surface area contributed by atoms with Gasteiger partial charge in [0.15, 0.2) is 5.96 Å². The van der Waals surface area contributed by atoms with E-state index in [0.29, 0.717) is 29.8 Å². The number of sulfonamides is 1. The molecule has 168 valence electrons. The Balaban J connectivity index is 0.00000420. The third kappa shape index (κ3) is 7.51. The largest absolute Gasteiger partial charge is 0.511 e. The summed E-state index contributed by atoms with van der Waals surface area (Å²) in [7, 11) is -5.25. The second-order valence-electron chi connectivity index (χ2n) is 6.37. The number of aryl methyl sites for hydroxylation is 1. The highest BCUT2D eigenvalue weighted by Gasteiger charge is 2.50. The third-order valence-corrected chi connectivity index (χ3v) is 6.98. The molecule has 0 aromatic carbocycles. The van der Waals surface area contributed by atoms with E-state index in [2.05, 4.69) is 27.5 Å². The Kier molecular flexibility index (Phi) is 10.6. The lowest BCUT2D eigenvalue weighted by atomic mass is 10.1. The zero-order valence-electron chi connectivity index (χ0n) is 16.3. The molecule has 1 aliphatic heterocycles. The Labute approximate surface area is 190 Å². The molecule has 1 aromatic heterocycles. The van der Waals surface area contributed by atoms with Crippen molar-refractivity contribution >= 4 is 51.3 Å². The highest BCUT2D eigenvalue weighted by Crippen LogP contribution is 2.28. The molecule has 7 nitrogen and oxygen atoms in total. The summed E-state index contributed by atoms with van der Waals surface area (Å²) in [6.45, 7) is 4.81. The molecule has 2 heterocycles. The lowest BCUT2D eigenvalue weighted by Crippen LogP contribution is -2.51. The second-order valence-corrected chi connectivity index (χ2v) is 9.24. The number of thiazole rings is 1. The quantitative estimate of drug-likeness (QED) is 0.300. The summed E-state index contributed by atoms with van der Waals surface area (Å²) in [5.74, 6) is 0.575. The molecule has 0 radical (unpaired) electrons. The molecule has 2 N–H and O–H groups in total. The number of alkyl halides is 3. The minimum atomic E-state index is -5.25. The van der Waals surface area contributed by atoms with Gasteiger partial charge in [-0.25, -0.2) is 13.4 Å². The van der Waals surface area contributed by atoms with Gasteiger partial charge in [0.25, 0.3) is 0 Å². The molecule has 0 saturated carbocycles. The van der Waals surface area contributed by atoms with Crippen molar-refractivity contribution in [2.45, 2.75) is 51.1 Å². The molecule has 2 rings (SSSR count). The van der Waals surface area contributed by atoms with E-state index in [4.69, 9.17) is 0 Å². The topological polar surface area (TPSA) is 86.7 Å². The first-order valence-electron chi connectivity index (χ1n) is 9.22. The number of aliphatic imine (C=N–C) groups is 1. The van der Waals surface area contributed by atoms with Crippen LogP contribution in [0.1, 0.15) is 37.4 Å². The van der Waals surface area contributed by atoms with Crippen LogP contribution < -0.4 is 10.6 Å². The van der Waals surface area contributed by atoms with Crippen molar-refractivity contribution in [2.24, 2.45) is 4.99 Å². The fourth-order valence-electron chi connectivity index (χ4n) is 2.81. The molecule has 1 aromatic rings. The molecule has 13 heteroatoms. The second kappa shape index (κ2) is 11.6. The van der Waals surface area contributed by atoms with Crippen molar-refractivity contribution in [3.63, 3.8) is 0 Å². The van der Waals surface area contributed by atoms with E-state index in [1.54, 1.807) is 11.3 Å². The van der Waals surface area contributed by atoms with Gasteiger partial charge in [-0.2, -0.15) is 17.5 Å². The van der Waals surface area contributed by atoms with Crippen LogP contribution in [0.4, 0.5) is 13.2 Å². The lowest BCUT2D eigenvalue weighted by Gasteiger charge is -2.32. The van der Waals surface area contributed by atoms with Gasteiger partial charge in [-0.1, -0.05) is 6.92 Å². The molecule has 0 bridgehead atoms. The van der Waals surface area contributed by atoms with Gasteiger partial charge in [-0.05, 0) is 26.2 Å². The number of piperidine rings is 1. The normalized spacial score (nSPS) is 17.1. The van der Waals surface area contributed by atoms with E-state index in [9.17, 15) is 21.6 Å². The Morgan fingerprint density at radius 2 is 2.00 bits per heavy atom. The number of guanidine groups is 1. The predicted molar refractivity (Wildman–Crippen MR) is 119 cm³/mol. The summed E-state index contributed by atoms with van der Waals surface area (Å²) in [4.78, 5) is 8.98. The lowest BCUT2D eigenvalue weighted by molar-refractivity contribution is -0.0494. The number of halogens is 4. The average Bonchev–Trinajstić information content (AvgIpc) is 3.09. The molecule has 0 atom stereocenters. The summed E-state index contributed by atoms with van der Waals surface area (Å²) in [5, 5.41) is 9.40. The molecule has 1 saturated heterocycles. The van der Waals surface area contributed by atoms with Crippen LogP contribution in [-0.4, -0.2) is 61.4 Å². The maximum atomic E-state index is 12.7. The van der Waals surface area contributed by atoms with Crippen molar-refractivity contribution in [1.82, 2.24) is 19.9 Å². The average molecular weight is 569 g/mol. The summed E-state index contributed by atoms with van der Waals surface area (Å²) < 4.78 is 61.4. The van der Waals surface area contributed by atoms with Crippen LogP contribution in [0, 0.1) is 0 Å². The fraction of sp³-hybridized carbons (Fsp3) is 0.750. The molecule has 0 spiro atoms. The predicted octanol–water partition coefficient (Wildman–Crippen LogP) is 2.74. The van der Waals surface area contributed by atoms with Gasteiger partial charge in [-0.15, -0.1) is 35.3 Å². The highest BCUT2D eigenvalue weighted by molar-refractivity contribution is 14.0. The van der Waals surface area contributed by atoms with Crippen LogP contribution in [0.5, 0.6) is 0 Å². The summed E-state index contributed by atoms with van der Waals surface area (Å²) in [6, 6.07) is -0.136. The number of hydrogen-bond acceptors (Lipinski definition) is 5. The minimum Gasteiger partial charge on any atom is -0.357 e. The van der Waals surface area contributed by atoms with Gasteiger partial charge in [-0.3, -0.25) is 4.99 Å². The van der Waals surface area contributed by atoms with Gasteiger partial charge in [0, 0.05) is 44.0 Å². The summed E-state index contributed by atoms with van der Waals surface area (Å²) >= 11 is 1.63. The first kappa shape index (κ1) is 26.4. The number of rotatable bonds is 7. The molecule has 1 aliphatic rings. The molecule has 0 aliphatic carbocycles. The van der Waals surface area contributed by atoms with E-state index in [-0.39, 0.29) is 55.9 Å². The number of nitrogens with one attached hydrogen (secondary N) is 2. The van der Waals surface area contributed by atoms with Crippen molar-refractivity contribution in [1.29, 1.82) is 0 Å². The smallest absolute Gasteiger partial charge is 0.357 e. The van der Waals surface area contributed by atoms with E-state index < -0.39 is 15.5 Å². The Morgan fingerprint density at radius 1 is 1.34 bits per heavy atom. The fourth-order valence-corrected chi connectivity index (χ4v) is 4.57. The first-order chi connectivity index (χ1) is 13.2.